The molecule has 6 nitrogen and oxygen atoms in total. The van der Waals surface area contributed by atoms with E-state index in [4.69, 9.17) is 20.9 Å². The summed E-state index contributed by atoms with van der Waals surface area (Å²) in [5.41, 5.74) is -0.461. The zero-order valence-corrected chi connectivity index (χ0v) is 24.6. The molecule has 0 aliphatic carbocycles. The van der Waals surface area contributed by atoms with Crippen LogP contribution in [-0.2, 0) is 9.31 Å². The fraction of sp³-hybridized carbons (Fsp3) is 0.368. The number of aromatic nitrogens is 4. The van der Waals surface area contributed by atoms with Crippen LogP contribution in [-0.4, -0.2) is 38.3 Å². The van der Waals surface area contributed by atoms with Crippen molar-refractivity contribution >= 4 is 56.7 Å². The average Bonchev–Trinajstić information content (AvgIpc) is 2.86. The van der Waals surface area contributed by atoms with Crippen LogP contribution in [0.25, 0.3) is 6.08 Å². The summed E-state index contributed by atoms with van der Waals surface area (Å²) in [6.45, 7) is 15.2. The quantitative estimate of drug-likeness (QED) is 0.360. The molecule has 1 aliphatic heterocycles. The van der Waals surface area contributed by atoms with Crippen LogP contribution < -0.4 is 56.1 Å². The molecule has 166 valence electrons. The van der Waals surface area contributed by atoms with Gasteiger partial charge in [0.1, 0.15) is 0 Å². The molecule has 31 heavy (non-hydrogen) atoms. The molecular formula is C19H26BBr2ClFKN4O2. The summed E-state index contributed by atoms with van der Waals surface area (Å²) < 4.78 is 12.9. The molecule has 2 aromatic rings. The second kappa shape index (κ2) is 17.0. The third kappa shape index (κ3) is 13.0. The van der Waals surface area contributed by atoms with E-state index in [-0.39, 0.29) is 87.1 Å². The fourth-order valence-electron chi connectivity index (χ4n) is 1.71. The third-order valence-electron chi connectivity index (χ3n) is 3.88. The van der Waals surface area contributed by atoms with Gasteiger partial charge in [-0.15, -0.1) is 6.58 Å². The maximum Gasteiger partial charge on any atom is 1.00 e. The minimum atomic E-state index is -0.250. The van der Waals surface area contributed by atoms with Gasteiger partial charge in [0.2, 0.25) is 5.28 Å². The molecule has 0 spiro atoms. The summed E-state index contributed by atoms with van der Waals surface area (Å²) >= 11 is 11.7. The van der Waals surface area contributed by atoms with E-state index in [1.165, 1.54) is 0 Å². The molecule has 2 aromatic heterocycles. The van der Waals surface area contributed by atoms with Gasteiger partial charge in [0.25, 0.3) is 0 Å². The standard InChI is InChI=1S/C8H15BO2.C6H5BrN2.C4H2BrClN2.CH4.FH.K/c1-6-9-10-7(2,3)8(4,5)11-9;1-2-6-8-3-5(7)4-9-6;5-3-1-7-4(6)8-2-3;;;/h6H,1H2,2-5H3;2-4H,1H2;1-2H;1H4;1H;/q;;;;;+1/p-1. The van der Waals surface area contributed by atoms with Crippen LogP contribution in [0.3, 0.4) is 0 Å². The molecule has 0 amide bonds. The van der Waals surface area contributed by atoms with Gasteiger partial charge in [0.15, 0.2) is 5.82 Å². The second-order valence-corrected chi connectivity index (χ2v) is 8.66. The summed E-state index contributed by atoms with van der Waals surface area (Å²) in [6.07, 6.45) is 8.16. The van der Waals surface area contributed by atoms with Crippen molar-refractivity contribution in [2.75, 3.05) is 0 Å². The van der Waals surface area contributed by atoms with E-state index in [9.17, 15) is 0 Å². The van der Waals surface area contributed by atoms with Gasteiger partial charge in [0, 0.05) is 24.8 Å². The molecule has 3 rings (SSSR count). The first-order chi connectivity index (χ1) is 13.0. The monoisotopic (exact) mass is 604 g/mol. The summed E-state index contributed by atoms with van der Waals surface area (Å²) in [6, 6.07) is 0. The molecule has 0 bridgehead atoms. The van der Waals surface area contributed by atoms with Gasteiger partial charge in [0.05, 0.1) is 20.1 Å². The van der Waals surface area contributed by atoms with E-state index in [2.05, 4.69) is 65.0 Å². The smallest absolute Gasteiger partial charge is 1.00 e. The topological polar surface area (TPSA) is 70.0 Å². The van der Waals surface area contributed by atoms with E-state index in [0.29, 0.717) is 5.82 Å². The largest absolute Gasteiger partial charge is 1.00 e. The first kappa shape index (κ1) is 36.0. The number of hydrogen-bond acceptors (Lipinski definition) is 6. The molecule has 0 radical (unpaired) electrons. The summed E-state index contributed by atoms with van der Waals surface area (Å²) in [7, 11) is -0.250. The molecule has 12 heteroatoms. The second-order valence-electron chi connectivity index (χ2n) is 6.49. The van der Waals surface area contributed by atoms with E-state index < -0.39 is 0 Å². The fourth-order valence-corrected chi connectivity index (χ4v) is 2.22. The molecule has 0 aromatic carbocycles. The zero-order chi connectivity index (χ0) is 21.4. The van der Waals surface area contributed by atoms with Crippen molar-refractivity contribution < 1.29 is 65.4 Å². The van der Waals surface area contributed by atoms with Crippen molar-refractivity contribution in [1.29, 1.82) is 0 Å². The molecule has 1 fully saturated rings. The maximum atomic E-state index is 5.57. The normalized spacial score (nSPS) is 14.6. The SMILES string of the molecule is C.C=CB1OC(C)(C)C(C)(C)O1.C=Cc1ncc(Br)cn1.Clc1ncc(Br)cn1.[F-].[K+]. The van der Waals surface area contributed by atoms with Crippen molar-refractivity contribution in [3.05, 3.63) is 64.0 Å². The van der Waals surface area contributed by atoms with Gasteiger partial charge in [-0.1, -0.05) is 20.0 Å². The van der Waals surface area contributed by atoms with Crippen LogP contribution in [0.15, 0.2) is 52.9 Å². The van der Waals surface area contributed by atoms with Gasteiger partial charge in [-0.2, -0.15) is 0 Å². The Bertz CT molecular complexity index is 750. The van der Waals surface area contributed by atoms with Gasteiger partial charge in [-0.25, -0.2) is 19.9 Å². The van der Waals surface area contributed by atoms with Crippen molar-refractivity contribution in [3.63, 3.8) is 0 Å². The van der Waals surface area contributed by atoms with E-state index in [0.717, 1.165) is 8.95 Å². The average molecular weight is 607 g/mol. The molecular weight excluding hydrogens is 580 g/mol. The summed E-state index contributed by atoms with van der Waals surface area (Å²) in [4.78, 5) is 15.2. The Morgan fingerprint density at radius 2 is 1.26 bits per heavy atom. The molecule has 0 unspecified atom stereocenters. The van der Waals surface area contributed by atoms with Crippen molar-refractivity contribution in [1.82, 2.24) is 19.9 Å². The van der Waals surface area contributed by atoms with Crippen LogP contribution in [0.1, 0.15) is 40.9 Å². The molecule has 3 heterocycles. The van der Waals surface area contributed by atoms with Crippen molar-refractivity contribution in [2.45, 2.75) is 46.3 Å². The van der Waals surface area contributed by atoms with E-state index in [1.54, 1.807) is 36.8 Å². The summed E-state index contributed by atoms with van der Waals surface area (Å²) in [5.74, 6) is 2.33. The van der Waals surface area contributed by atoms with Gasteiger partial charge >= 0.3 is 58.5 Å². The van der Waals surface area contributed by atoms with Crippen molar-refractivity contribution in [3.8, 4) is 0 Å². The van der Waals surface area contributed by atoms with Gasteiger partial charge in [-0.05, 0) is 77.2 Å². The number of nitrogens with zero attached hydrogens (tertiary/aromatic N) is 4. The number of hydrogen-bond donors (Lipinski definition) is 0. The van der Waals surface area contributed by atoms with Crippen LogP contribution in [0.2, 0.25) is 5.28 Å². The summed E-state index contributed by atoms with van der Waals surface area (Å²) in [5, 5.41) is 0.271. The van der Waals surface area contributed by atoms with Crippen LogP contribution in [0.5, 0.6) is 0 Å². The zero-order valence-electron chi connectivity index (χ0n) is 17.6. The Kier molecular flexibility index (Phi) is 19.7. The molecule has 1 saturated heterocycles. The number of rotatable bonds is 2. The van der Waals surface area contributed by atoms with Gasteiger partial charge < -0.3 is 14.0 Å². The first-order valence-corrected chi connectivity index (χ1v) is 10.2. The molecule has 0 N–H and O–H groups in total. The minimum Gasteiger partial charge on any atom is -1.00 e. The van der Waals surface area contributed by atoms with Crippen LogP contribution in [0.4, 0.5) is 0 Å². The molecule has 1 aliphatic rings. The number of halogens is 4. The van der Waals surface area contributed by atoms with Crippen LogP contribution >= 0.6 is 43.5 Å². The van der Waals surface area contributed by atoms with E-state index in [1.807, 2.05) is 27.7 Å². The Labute approximate surface area is 249 Å². The van der Waals surface area contributed by atoms with Crippen LogP contribution in [0, 0.1) is 0 Å². The Morgan fingerprint density at radius 3 is 1.52 bits per heavy atom. The maximum absolute atomic E-state index is 5.57. The predicted octanol–water partition coefficient (Wildman–Crippen LogP) is 0.223. The van der Waals surface area contributed by atoms with Crippen molar-refractivity contribution in [2.24, 2.45) is 0 Å². The van der Waals surface area contributed by atoms with E-state index >= 15 is 0 Å². The predicted molar refractivity (Wildman–Crippen MR) is 128 cm³/mol. The van der Waals surface area contributed by atoms with Gasteiger partial charge in [-0.3, -0.25) is 0 Å². The Balaban J connectivity index is -0.000000366. The Morgan fingerprint density at radius 1 is 0.903 bits per heavy atom. The minimum absolute atomic E-state index is 0. The first-order valence-electron chi connectivity index (χ1n) is 8.22. The Hall–Kier alpha value is 0.441. The molecule has 0 saturated carbocycles. The molecule has 0 atom stereocenters. The third-order valence-corrected chi connectivity index (χ3v) is 4.89.